The van der Waals surface area contributed by atoms with Crippen molar-refractivity contribution < 1.29 is 4.79 Å². The lowest BCUT2D eigenvalue weighted by molar-refractivity contribution is -0.120. The molecule has 0 aliphatic rings. The summed E-state index contributed by atoms with van der Waals surface area (Å²) in [6.45, 7) is 4.22. The standard InChI is InChI=1S/C12H16N2O/c1-2-5-12(15)14-9-4-7-11-6-3-8-13-10-11/h2-3,6,8,10H,1,4-5,7,9H2,(H,14,15). The van der Waals surface area contributed by atoms with E-state index in [-0.39, 0.29) is 5.91 Å². The lowest BCUT2D eigenvalue weighted by atomic mass is 10.1. The third kappa shape index (κ3) is 4.96. The smallest absolute Gasteiger partial charge is 0.223 e. The predicted octanol–water partition coefficient (Wildman–Crippen LogP) is 1.71. The zero-order chi connectivity index (χ0) is 10.9. The number of nitrogens with one attached hydrogen (secondary N) is 1. The molecule has 0 bridgehead atoms. The molecule has 1 N–H and O–H groups in total. The number of pyridine rings is 1. The van der Waals surface area contributed by atoms with Gasteiger partial charge in [-0.2, -0.15) is 0 Å². The third-order valence-electron chi connectivity index (χ3n) is 2.02. The molecule has 1 amide bonds. The van der Waals surface area contributed by atoms with E-state index in [0.29, 0.717) is 13.0 Å². The lowest BCUT2D eigenvalue weighted by Gasteiger charge is -2.03. The maximum atomic E-state index is 11.1. The van der Waals surface area contributed by atoms with Gasteiger partial charge in [-0.3, -0.25) is 9.78 Å². The number of hydrogen-bond acceptors (Lipinski definition) is 2. The first kappa shape index (κ1) is 11.4. The molecule has 0 spiro atoms. The molecule has 3 heteroatoms. The highest BCUT2D eigenvalue weighted by Gasteiger charge is 1.96. The average molecular weight is 204 g/mol. The molecule has 0 saturated carbocycles. The minimum atomic E-state index is 0.0381. The van der Waals surface area contributed by atoms with E-state index in [4.69, 9.17) is 0 Å². The fourth-order valence-corrected chi connectivity index (χ4v) is 1.27. The Labute approximate surface area is 90.2 Å². The summed E-state index contributed by atoms with van der Waals surface area (Å²) in [5.41, 5.74) is 1.20. The molecule has 0 aromatic carbocycles. The van der Waals surface area contributed by atoms with Crippen LogP contribution in [0.2, 0.25) is 0 Å². The highest BCUT2D eigenvalue weighted by Crippen LogP contribution is 1.99. The number of hydrogen-bond donors (Lipinski definition) is 1. The Morgan fingerprint density at radius 3 is 3.13 bits per heavy atom. The van der Waals surface area contributed by atoms with Crippen molar-refractivity contribution in [3.8, 4) is 0 Å². The molecular weight excluding hydrogens is 188 g/mol. The van der Waals surface area contributed by atoms with Gasteiger partial charge in [-0.15, -0.1) is 6.58 Å². The van der Waals surface area contributed by atoms with Crippen LogP contribution in [0.15, 0.2) is 37.2 Å². The van der Waals surface area contributed by atoms with Crippen molar-refractivity contribution in [1.29, 1.82) is 0 Å². The van der Waals surface area contributed by atoms with Crippen LogP contribution < -0.4 is 5.32 Å². The Balaban J connectivity index is 2.12. The van der Waals surface area contributed by atoms with E-state index in [2.05, 4.69) is 16.9 Å². The molecule has 0 unspecified atom stereocenters. The van der Waals surface area contributed by atoms with Crippen molar-refractivity contribution in [3.63, 3.8) is 0 Å². The molecule has 15 heavy (non-hydrogen) atoms. The molecule has 1 heterocycles. The first-order valence-corrected chi connectivity index (χ1v) is 5.09. The number of rotatable bonds is 6. The first-order chi connectivity index (χ1) is 7.33. The van der Waals surface area contributed by atoms with Gasteiger partial charge >= 0.3 is 0 Å². The van der Waals surface area contributed by atoms with Crippen molar-refractivity contribution in [3.05, 3.63) is 42.7 Å². The van der Waals surface area contributed by atoms with Crippen LogP contribution in [-0.4, -0.2) is 17.4 Å². The predicted molar refractivity (Wildman–Crippen MR) is 60.4 cm³/mol. The zero-order valence-electron chi connectivity index (χ0n) is 8.78. The van der Waals surface area contributed by atoms with Crippen LogP contribution in [0.1, 0.15) is 18.4 Å². The number of aromatic nitrogens is 1. The summed E-state index contributed by atoms with van der Waals surface area (Å²) in [6.07, 6.45) is 7.50. The SMILES string of the molecule is C=CCC(=O)NCCCc1cccnc1. The normalized spacial score (nSPS) is 9.60. The molecule has 0 aliphatic carbocycles. The molecule has 0 saturated heterocycles. The van der Waals surface area contributed by atoms with Gasteiger partial charge < -0.3 is 5.32 Å². The van der Waals surface area contributed by atoms with Crippen molar-refractivity contribution in [2.45, 2.75) is 19.3 Å². The van der Waals surface area contributed by atoms with Gasteiger partial charge in [-0.25, -0.2) is 0 Å². The average Bonchev–Trinajstić information content (AvgIpc) is 2.26. The summed E-state index contributed by atoms with van der Waals surface area (Å²) < 4.78 is 0. The molecular formula is C12H16N2O. The second-order valence-corrected chi connectivity index (χ2v) is 3.31. The fraction of sp³-hybridized carbons (Fsp3) is 0.333. The Hall–Kier alpha value is -1.64. The number of carbonyl (C=O) groups is 1. The van der Waals surface area contributed by atoms with Crippen LogP contribution >= 0.6 is 0 Å². The van der Waals surface area contributed by atoms with Gasteiger partial charge in [-0.1, -0.05) is 12.1 Å². The highest BCUT2D eigenvalue weighted by atomic mass is 16.1. The number of nitrogens with zero attached hydrogens (tertiary/aromatic N) is 1. The number of amides is 1. The molecule has 1 aromatic heterocycles. The Kier molecular flexibility index (Phi) is 5.15. The third-order valence-corrected chi connectivity index (χ3v) is 2.02. The topological polar surface area (TPSA) is 42.0 Å². The zero-order valence-corrected chi connectivity index (χ0v) is 8.78. The summed E-state index contributed by atoms with van der Waals surface area (Å²) in [7, 11) is 0. The summed E-state index contributed by atoms with van der Waals surface area (Å²) in [4.78, 5) is 15.1. The first-order valence-electron chi connectivity index (χ1n) is 5.09. The van der Waals surface area contributed by atoms with Crippen molar-refractivity contribution in [2.75, 3.05) is 6.54 Å². The largest absolute Gasteiger partial charge is 0.356 e. The second kappa shape index (κ2) is 6.76. The highest BCUT2D eigenvalue weighted by molar-refractivity contribution is 5.77. The summed E-state index contributed by atoms with van der Waals surface area (Å²) in [6, 6.07) is 3.96. The molecule has 0 atom stereocenters. The molecule has 1 rings (SSSR count). The maximum absolute atomic E-state index is 11.1. The molecule has 0 radical (unpaired) electrons. The second-order valence-electron chi connectivity index (χ2n) is 3.31. The van der Waals surface area contributed by atoms with E-state index in [9.17, 15) is 4.79 Å². The minimum absolute atomic E-state index is 0.0381. The van der Waals surface area contributed by atoms with E-state index in [0.717, 1.165) is 12.8 Å². The van der Waals surface area contributed by atoms with Crippen molar-refractivity contribution in [1.82, 2.24) is 10.3 Å². The fourth-order valence-electron chi connectivity index (χ4n) is 1.27. The molecule has 80 valence electrons. The van der Waals surface area contributed by atoms with E-state index < -0.39 is 0 Å². The lowest BCUT2D eigenvalue weighted by Crippen LogP contribution is -2.23. The Morgan fingerprint density at radius 2 is 2.47 bits per heavy atom. The van der Waals surface area contributed by atoms with Crippen LogP contribution in [0.3, 0.4) is 0 Å². The minimum Gasteiger partial charge on any atom is -0.356 e. The monoisotopic (exact) mass is 204 g/mol. The summed E-state index contributed by atoms with van der Waals surface area (Å²) in [5, 5.41) is 2.82. The van der Waals surface area contributed by atoms with Crippen LogP contribution in [0.25, 0.3) is 0 Å². The Morgan fingerprint density at radius 1 is 1.60 bits per heavy atom. The van der Waals surface area contributed by atoms with Crippen LogP contribution in [0.4, 0.5) is 0 Å². The van der Waals surface area contributed by atoms with Gasteiger partial charge in [-0.05, 0) is 24.5 Å². The summed E-state index contributed by atoms with van der Waals surface area (Å²) >= 11 is 0. The van der Waals surface area contributed by atoms with Crippen LogP contribution in [0, 0.1) is 0 Å². The van der Waals surface area contributed by atoms with Crippen LogP contribution in [-0.2, 0) is 11.2 Å². The quantitative estimate of drug-likeness (QED) is 0.566. The Bertz CT molecular complexity index is 309. The van der Waals surface area contributed by atoms with E-state index >= 15 is 0 Å². The van der Waals surface area contributed by atoms with Crippen molar-refractivity contribution >= 4 is 5.91 Å². The van der Waals surface area contributed by atoms with Gasteiger partial charge in [0, 0.05) is 25.4 Å². The molecule has 1 aromatic rings. The molecule has 0 fully saturated rings. The van der Waals surface area contributed by atoms with Crippen LogP contribution in [0.5, 0.6) is 0 Å². The van der Waals surface area contributed by atoms with E-state index in [1.54, 1.807) is 12.3 Å². The van der Waals surface area contributed by atoms with Gasteiger partial charge in [0.15, 0.2) is 0 Å². The van der Waals surface area contributed by atoms with Gasteiger partial charge in [0.1, 0.15) is 0 Å². The van der Waals surface area contributed by atoms with Crippen molar-refractivity contribution in [2.24, 2.45) is 0 Å². The molecule has 0 aliphatic heterocycles. The molecule has 3 nitrogen and oxygen atoms in total. The van der Waals surface area contributed by atoms with Gasteiger partial charge in [0.2, 0.25) is 5.91 Å². The van der Waals surface area contributed by atoms with Gasteiger partial charge in [0.05, 0.1) is 0 Å². The number of aryl methyl sites for hydroxylation is 1. The van der Waals surface area contributed by atoms with Gasteiger partial charge in [0.25, 0.3) is 0 Å². The van der Waals surface area contributed by atoms with E-state index in [1.165, 1.54) is 5.56 Å². The number of carbonyl (C=O) groups excluding carboxylic acids is 1. The van der Waals surface area contributed by atoms with E-state index in [1.807, 2.05) is 18.3 Å². The maximum Gasteiger partial charge on any atom is 0.223 e. The summed E-state index contributed by atoms with van der Waals surface area (Å²) in [5.74, 6) is 0.0381.